The van der Waals surface area contributed by atoms with Crippen LogP contribution in [0.15, 0.2) is 30.3 Å². The van der Waals surface area contributed by atoms with E-state index in [1.54, 1.807) is 0 Å². The van der Waals surface area contributed by atoms with Crippen LogP contribution in [-0.2, 0) is 16.1 Å². The van der Waals surface area contributed by atoms with E-state index >= 15 is 0 Å². The molecule has 0 aromatic heterocycles. The maximum Gasteiger partial charge on any atom is 0.410 e. The minimum absolute atomic E-state index is 0.118. The molecule has 1 aliphatic rings. The average Bonchev–Trinajstić information content (AvgIpc) is 2.53. The van der Waals surface area contributed by atoms with Crippen LogP contribution in [0.4, 0.5) is 4.79 Å². The summed E-state index contributed by atoms with van der Waals surface area (Å²) in [7, 11) is 0. The van der Waals surface area contributed by atoms with Gasteiger partial charge in [-0.2, -0.15) is 0 Å². The van der Waals surface area contributed by atoms with Crippen LogP contribution in [0.25, 0.3) is 0 Å². The Morgan fingerprint density at radius 3 is 2.71 bits per heavy atom. The second-order valence-electron chi connectivity index (χ2n) is 5.16. The van der Waals surface area contributed by atoms with Gasteiger partial charge in [0.05, 0.1) is 0 Å². The van der Waals surface area contributed by atoms with Crippen LogP contribution in [0.1, 0.15) is 18.4 Å². The minimum Gasteiger partial charge on any atom is -0.445 e. The fourth-order valence-electron chi connectivity index (χ4n) is 2.41. The maximum absolute atomic E-state index is 12.1. The molecule has 5 nitrogen and oxygen atoms in total. The molecule has 1 aromatic carbocycles. The molecule has 110 valence electrons. The molecule has 0 aliphatic carbocycles. The monoisotopic (exact) mass is 286 g/mol. The van der Waals surface area contributed by atoms with Crippen molar-refractivity contribution in [2.75, 3.05) is 13.1 Å². The smallest absolute Gasteiger partial charge is 0.410 e. The summed E-state index contributed by atoms with van der Waals surface area (Å²) >= 11 is 0. The molecule has 1 fully saturated rings. The van der Waals surface area contributed by atoms with Gasteiger partial charge < -0.3 is 15.4 Å². The van der Waals surface area contributed by atoms with Gasteiger partial charge in [0.25, 0.3) is 0 Å². The van der Waals surface area contributed by atoms with Crippen LogP contribution < -0.4 is 5.73 Å². The van der Waals surface area contributed by atoms with Crippen LogP contribution >= 0.6 is 0 Å². The molecule has 1 aromatic rings. The van der Waals surface area contributed by atoms with E-state index in [1.165, 1.54) is 4.90 Å². The zero-order chi connectivity index (χ0) is 15.3. The number of rotatable bonds is 3. The van der Waals surface area contributed by atoms with Gasteiger partial charge in [-0.3, -0.25) is 4.79 Å². The highest BCUT2D eigenvalue weighted by molar-refractivity contribution is 5.85. The van der Waals surface area contributed by atoms with E-state index < -0.39 is 17.4 Å². The molecule has 1 aliphatic heterocycles. The topological polar surface area (TPSA) is 72.6 Å². The molecular weight excluding hydrogens is 268 g/mol. The number of ether oxygens (including phenoxy) is 1. The predicted molar refractivity (Wildman–Crippen MR) is 77.9 cm³/mol. The lowest BCUT2D eigenvalue weighted by molar-refractivity contribution is -0.126. The Bertz CT molecular complexity index is 565. The zero-order valence-electron chi connectivity index (χ0n) is 11.7. The Labute approximate surface area is 124 Å². The second kappa shape index (κ2) is 6.31. The molecule has 1 unspecified atom stereocenters. The van der Waals surface area contributed by atoms with Crippen LogP contribution in [0.2, 0.25) is 0 Å². The number of piperidine rings is 1. The maximum atomic E-state index is 12.1. The Kier molecular flexibility index (Phi) is 4.49. The molecule has 0 bridgehead atoms. The third-order valence-electron chi connectivity index (χ3n) is 3.70. The van der Waals surface area contributed by atoms with E-state index in [1.807, 2.05) is 30.3 Å². The number of primary amides is 1. The highest BCUT2D eigenvalue weighted by Crippen LogP contribution is 2.29. The zero-order valence-corrected chi connectivity index (χ0v) is 11.7. The SMILES string of the molecule is C#CC1(C(N)=O)CCCN(C(=O)OCc2ccccc2)C1. The average molecular weight is 286 g/mol. The number of nitrogens with two attached hydrogens (primary N) is 1. The number of hydrogen-bond donors (Lipinski definition) is 1. The van der Waals surface area contributed by atoms with Gasteiger partial charge in [0, 0.05) is 13.1 Å². The first-order chi connectivity index (χ1) is 10.1. The fourth-order valence-corrected chi connectivity index (χ4v) is 2.41. The molecule has 2 N–H and O–H groups in total. The van der Waals surface area contributed by atoms with E-state index in [9.17, 15) is 9.59 Å². The van der Waals surface area contributed by atoms with E-state index in [0.717, 1.165) is 5.56 Å². The number of carbonyl (C=O) groups is 2. The first kappa shape index (κ1) is 14.9. The van der Waals surface area contributed by atoms with E-state index in [4.69, 9.17) is 16.9 Å². The van der Waals surface area contributed by atoms with Crippen molar-refractivity contribution in [3.05, 3.63) is 35.9 Å². The van der Waals surface area contributed by atoms with Crippen molar-refractivity contribution in [3.8, 4) is 12.3 Å². The number of nitrogens with zero attached hydrogens (tertiary/aromatic N) is 1. The first-order valence-electron chi connectivity index (χ1n) is 6.81. The third kappa shape index (κ3) is 3.34. The summed E-state index contributed by atoms with van der Waals surface area (Å²) in [5.41, 5.74) is 5.20. The summed E-state index contributed by atoms with van der Waals surface area (Å²) in [6.07, 6.45) is 6.10. The highest BCUT2D eigenvalue weighted by atomic mass is 16.6. The van der Waals surface area contributed by atoms with Crippen molar-refractivity contribution in [1.29, 1.82) is 0 Å². The van der Waals surface area contributed by atoms with Crippen molar-refractivity contribution in [1.82, 2.24) is 4.90 Å². The molecule has 0 saturated carbocycles. The van der Waals surface area contributed by atoms with Gasteiger partial charge in [-0.15, -0.1) is 6.42 Å². The van der Waals surface area contributed by atoms with Crippen molar-refractivity contribution in [2.24, 2.45) is 11.1 Å². The van der Waals surface area contributed by atoms with Gasteiger partial charge in [0.2, 0.25) is 5.91 Å². The van der Waals surface area contributed by atoms with Crippen molar-refractivity contribution >= 4 is 12.0 Å². The van der Waals surface area contributed by atoms with Crippen LogP contribution in [0, 0.1) is 17.8 Å². The van der Waals surface area contributed by atoms with Gasteiger partial charge in [0.15, 0.2) is 0 Å². The molecule has 0 radical (unpaired) electrons. The normalized spacial score (nSPS) is 21.4. The molecule has 1 atom stereocenters. The molecule has 21 heavy (non-hydrogen) atoms. The quantitative estimate of drug-likeness (QED) is 0.856. The van der Waals surface area contributed by atoms with E-state index in [0.29, 0.717) is 19.4 Å². The second-order valence-corrected chi connectivity index (χ2v) is 5.16. The highest BCUT2D eigenvalue weighted by Gasteiger charge is 2.41. The molecule has 1 heterocycles. The Morgan fingerprint density at radius 1 is 1.38 bits per heavy atom. The van der Waals surface area contributed by atoms with Gasteiger partial charge in [-0.25, -0.2) is 4.79 Å². The lowest BCUT2D eigenvalue weighted by Crippen LogP contribution is -2.51. The van der Waals surface area contributed by atoms with E-state index in [2.05, 4.69) is 5.92 Å². The molecule has 2 rings (SSSR count). The van der Waals surface area contributed by atoms with Crippen molar-refractivity contribution in [3.63, 3.8) is 0 Å². The summed E-state index contributed by atoms with van der Waals surface area (Å²) < 4.78 is 5.25. The van der Waals surface area contributed by atoms with Crippen LogP contribution in [-0.4, -0.2) is 30.0 Å². The van der Waals surface area contributed by atoms with Gasteiger partial charge in [0.1, 0.15) is 12.0 Å². The standard InChI is InChI=1S/C16H18N2O3/c1-2-16(14(17)19)9-6-10-18(12-16)15(20)21-11-13-7-4-3-5-8-13/h1,3-5,7-8H,6,9-12H2,(H2,17,19). The Balaban J connectivity index is 1.97. The number of carbonyl (C=O) groups excluding carboxylic acids is 2. The summed E-state index contributed by atoms with van der Waals surface area (Å²) in [6, 6.07) is 9.39. The van der Waals surface area contributed by atoms with Gasteiger partial charge in [-0.05, 0) is 18.4 Å². The van der Waals surface area contributed by atoms with Crippen LogP contribution in [0.5, 0.6) is 0 Å². The van der Waals surface area contributed by atoms with Crippen molar-refractivity contribution < 1.29 is 14.3 Å². The summed E-state index contributed by atoms with van der Waals surface area (Å²) in [6.45, 7) is 0.826. The Morgan fingerprint density at radius 2 is 2.10 bits per heavy atom. The first-order valence-corrected chi connectivity index (χ1v) is 6.81. The molecule has 5 heteroatoms. The van der Waals surface area contributed by atoms with Crippen molar-refractivity contribution in [2.45, 2.75) is 19.4 Å². The van der Waals surface area contributed by atoms with E-state index in [-0.39, 0.29) is 13.2 Å². The lowest BCUT2D eigenvalue weighted by atomic mass is 9.80. The van der Waals surface area contributed by atoms with Crippen LogP contribution in [0.3, 0.4) is 0 Å². The molecule has 1 saturated heterocycles. The molecule has 2 amide bonds. The molecule has 0 spiro atoms. The summed E-state index contributed by atoms with van der Waals surface area (Å²) in [5, 5.41) is 0. The number of amides is 2. The number of hydrogen-bond acceptors (Lipinski definition) is 3. The number of likely N-dealkylation sites (tertiary alicyclic amines) is 1. The fraction of sp³-hybridized carbons (Fsp3) is 0.375. The predicted octanol–water partition coefficient (Wildman–Crippen LogP) is 1.52. The largest absolute Gasteiger partial charge is 0.445 e. The summed E-state index contributed by atoms with van der Waals surface area (Å²) in [5.74, 6) is 1.89. The lowest BCUT2D eigenvalue weighted by Gasteiger charge is -2.36. The summed E-state index contributed by atoms with van der Waals surface area (Å²) in [4.78, 5) is 25.1. The third-order valence-corrected chi connectivity index (χ3v) is 3.70. The number of benzene rings is 1. The molecular formula is C16H18N2O3. The Hall–Kier alpha value is -2.48. The number of terminal acetylenes is 1. The van der Waals surface area contributed by atoms with Gasteiger partial charge >= 0.3 is 6.09 Å². The minimum atomic E-state index is -1.08. The van der Waals surface area contributed by atoms with Gasteiger partial charge in [-0.1, -0.05) is 36.3 Å².